The number of rotatable bonds is 4. The summed E-state index contributed by atoms with van der Waals surface area (Å²) in [5.74, 6) is 1.72. The van der Waals surface area contributed by atoms with Crippen molar-refractivity contribution in [1.82, 2.24) is 0 Å². The molecule has 25 heavy (non-hydrogen) atoms. The third-order valence-corrected chi connectivity index (χ3v) is 4.31. The number of ketones is 1. The van der Waals surface area contributed by atoms with Crippen LogP contribution in [0.3, 0.4) is 0 Å². The Hall–Kier alpha value is -3.01. The number of benzene rings is 2. The number of allylic oxidation sites excluding steroid dienone is 1. The molecule has 0 spiro atoms. The highest BCUT2D eigenvalue weighted by Crippen LogP contribution is 2.37. The fraction of sp³-hybridized carbons (Fsp3) is 0.190. The molecule has 1 aliphatic rings. The summed E-state index contributed by atoms with van der Waals surface area (Å²) in [5.41, 5.74) is 2.64. The normalized spacial score (nSPS) is 16.2. The zero-order valence-corrected chi connectivity index (χ0v) is 14.1. The molecular formula is C21H18O4. The predicted octanol–water partition coefficient (Wildman–Crippen LogP) is 4.66. The van der Waals surface area contributed by atoms with Gasteiger partial charge in [-0.05, 0) is 43.3 Å². The van der Waals surface area contributed by atoms with Gasteiger partial charge in [0.15, 0.2) is 5.76 Å². The molecule has 0 N–H and O–H groups in total. The number of ether oxygens (including phenoxy) is 2. The van der Waals surface area contributed by atoms with E-state index in [-0.39, 0.29) is 11.9 Å². The average Bonchev–Trinajstić information content (AvgIpc) is 3.21. The third-order valence-electron chi connectivity index (χ3n) is 4.31. The van der Waals surface area contributed by atoms with Crippen molar-refractivity contribution in [3.05, 3.63) is 65.4 Å². The number of hydrogen-bond donors (Lipinski definition) is 0. The highest BCUT2D eigenvalue weighted by molar-refractivity contribution is 6.07. The van der Waals surface area contributed by atoms with Crippen molar-refractivity contribution in [2.75, 3.05) is 7.11 Å². The van der Waals surface area contributed by atoms with Crippen molar-refractivity contribution in [3.8, 4) is 11.5 Å². The van der Waals surface area contributed by atoms with Gasteiger partial charge in [0.05, 0.1) is 7.11 Å². The Labute approximate surface area is 145 Å². The van der Waals surface area contributed by atoms with Gasteiger partial charge in [-0.3, -0.25) is 4.79 Å². The Bertz CT molecular complexity index is 948. The molecule has 3 aromatic rings. The number of furan rings is 1. The van der Waals surface area contributed by atoms with Crippen molar-refractivity contribution in [3.63, 3.8) is 0 Å². The van der Waals surface area contributed by atoms with Crippen LogP contribution in [0.2, 0.25) is 0 Å². The van der Waals surface area contributed by atoms with Gasteiger partial charge in [0.1, 0.15) is 23.2 Å². The van der Waals surface area contributed by atoms with Crippen molar-refractivity contribution in [2.24, 2.45) is 0 Å². The molecule has 2 aromatic carbocycles. The van der Waals surface area contributed by atoms with E-state index >= 15 is 0 Å². The van der Waals surface area contributed by atoms with Crippen LogP contribution in [0, 0.1) is 0 Å². The summed E-state index contributed by atoms with van der Waals surface area (Å²) in [6.45, 7) is 2.03. The summed E-state index contributed by atoms with van der Waals surface area (Å²) in [5, 5.41) is 0.915. The maximum Gasteiger partial charge on any atom is 0.221 e. The van der Waals surface area contributed by atoms with Gasteiger partial charge >= 0.3 is 0 Å². The minimum atomic E-state index is -0.182. The second-order valence-corrected chi connectivity index (χ2v) is 6.18. The van der Waals surface area contributed by atoms with E-state index in [9.17, 15) is 4.79 Å². The molecule has 0 amide bonds. The molecule has 4 rings (SSSR count). The minimum Gasteiger partial charge on any atom is -0.497 e. The van der Waals surface area contributed by atoms with Gasteiger partial charge in [0.25, 0.3) is 0 Å². The first-order valence-corrected chi connectivity index (χ1v) is 8.22. The van der Waals surface area contributed by atoms with Gasteiger partial charge in [-0.15, -0.1) is 0 Å². The number of carbonyl (C=O) groups excluding carboxylic acids is 1. The SMILES string of the molecule is COc1cc(/C=C/C(=O)c2cc3ccccc3o2)c2c(c1)C[C@@H](C)O2. The van der Waals surface area contributed by atoms with Crippen LogP contribution in [0.25, 0.3) is 17.0 Å². The maximum atomic E-state index is 12.5. The molecule has 4 heteroatoms. The van der Waals surface area contributed by atoms with Crippen molar-refractivity contribution < 1.29 is 18.7 Å². The summed E-state index contributed by atoms with van der Waals surface area (Å²) >= 11 is 0. The Kier molecular flexibility index (Phi) is 3.80. The van der Waals surface area contributed by atoms with Gasteiger partial charge < -0.3 is 13.9 Å². The monoisotopic (exact) mass is 334 g/mol. The summed E-state index contributed by atoms with van der Waals surface area (Å²) in [6.07, 6.45) is 4.24. The fourth-order valence-electron chi connectivity index (χ4n) is 3.12. The van der Waals surface area contributed by atoms with Crippen molar-refractivity contribution in [2.45, 2.75) is 19.4 Å². The first-order chi connectivity index (χ1) is 12.1. The quantitative estimate of drug-likeness (QED) is 0.514. The van der Waals surface area contributed by atoms with E-state index in [4.69, 9.17) is 13.9 Å². The maximum absolute atomic E-state index is 12.5. The molecular weight excluding hydrogens is 316 g/mol. The van der Waals surface area contributed by atoms with E-state index in [0.717, 1.165) is 34.4 Å². The predicted molar refractivity (Wildman–Crippen MR) is 96.4 cm³/mol. The van der Waals surface area contributed by atoms with E-state index < -0.39 is 0 Å². The molecule has 0 saturated carbocycles. The number of carbonyl (C=O) groups is 1. The Balaban J connectivity index is 1.65. The van der Waals surface area contributed by atoms with Crippen LogP contribution in [0.5, 0.6) is 11.5 Å². The van der Waals surface area contributed by atoms with E-state index in [1.54, 1.807) is 19.3 Å². The molecule has 0 fully saturated rings. The number of para-hydroxylation sites is 1. The highest BCUT2D eigenvalue weighted by atomic mass is 16.5. The summed E-state index contributed by atoms with van der Waals surface area (Å²) in [7, 11) is 1.63. The molecule has 0 radical (unpaired) electrons. The van der Waals surface area contributed by atoms with Crippen LogP contribution in [0.1, 0.15) is 28.6 Å². The molecule has 0 saturated heterocycles. The lowest BCUT2D eigenvalue weighted by Crippen LogP contribution is -2.05. The molecule has 1 atom stereocenters. The van der Waals surface area contributed by atoms with Gasteiger partial charge in [-0.1, -0.05) is 18.2 Å². The van der Waals surface area contributed by atoms with Gasteiger partial charge in [-0.2, -0.15) is 0 Å². The lowest BCUT2D eigenvalue weighted by molar-refractivity contribution is 0.102. The molecule has 4 nitrogen and oxygen atoms in total. The lowest BCUT2D eigenvalue weighted by atomic mass is 10.0. The summed E-state index contributed by atoms with van der Waals surface area (Å²) in [6, 6.07) is 13.2. The molecule has 2 heterocycles. The van der Waals surface area contributed by atoms with Crippen LogP contribution in [-0.4, -0.2) is 19.0 Å². The third kappa shape index (κ3) is 2.91. The highest BCUT2D eigenvalue weighted by Gasteiger charge is 2.22. The molecule has 126 valence electrons. The molecule has 1 aromatic heterocycles. The smallest absolute Gasteiger partial charge is 0.221 e. The lowest BCUT2D eigenvalue weighted by Gasteiger charge is -2.08. The van der Waals surface area contributed by atoms with E-state index in [1.165, 1.54) is 6.08 Å². The Morgan fingerprint density at radius 1 is 1.24 bits per heavy atom. The van der Waals surface area contributed by atoms with Gasteiger partial charge in [0, 0.05) is 22.9 Å². The van der Waals surface area contributed by atoms with Crippen molar-refractivity contribution in [1.29, 1.82) is 0 Å². The zero-order valence-electron chi connectivity index (χ0n) is 14.1. The van der Waals surface area contributed by atoms with Crippen LogP contribution in [0.15, 0.2) is 53.0 Å². The van der Waals surface area contributed by atoms with E-state index in [2.05, 4.69) is 0 Å². The second kappa shape index (κ2) is 6.13. The molecule has 0 unspecified atom stereocenters. The Morgan fingerprint density at radius 3 is 2.88 bits per heavy atom. The largest absolute Gasteiger partial charge is 0.497 e. The molecule has 1 aliphatic heterocycles. The van der Waals surface area contributed by atoms with Crippen LogP contribution in [0.4, 0.5) is 0 Å². The Morgan fingerprint density at radius 2 is 2.08 bits per heavy atom. The van der Waals surface area contributed by atoms with Crippen LogP contribution < -0.4 is 9.47 Å². The second-order valence-electron chi connectivity index (χ2n) is 6.18. The van der Waals surface area contributed by atoms with Crippen LogP contribution >= 0.6 is 0 Å². The van der Waals surface area contributed by atoms with E-state index in [0.29, 0.717) is 11.3 Å². The average molecular weight is 334 g/mol. The first kappa shape index (κ1) is 15.5. The topological polar surface area (TPSA) is 48.7 Å². The summed E-state index contributed by atoms with van der Waals surface area (Å²) in [4.78, 5) is 12.5. The number of hydrogen-bond acceptors (Lipinski definition) is 4. The van der Waals surface area contributed by atoms with Crippen molar-refractivity contribution >= 4 is 22.8 Å². The standard InChI is InChI=1S/C21H18O4/c1-13-9-16-11-17(23-2)10-15(21(16)24-13)7-8-18(22)20-12-14-5-3-4-6-19(14)25-20/h3-8,10-13H,9H2,1-2H3/b8-7+/t13-/m1/s1. The zero-order chi connectivity index (χ0) is 17.4. The summed E-state index contributed by atoms with van der Waals surface area (Å²) < 4.78 is 16.9. The number of methoxy groups -OCH3 is 1. The van der Waals surface area contributed by atoms with Crippen LogP contribution in [-0.2, 0) is 6.42 Å². The fourth-order valence-corrected chi connectivity index (χ4v) is 3.12. The van der Waals surface area contributed by atoms with E-state index in [1.807, 2.05) is 43.3 Å². The minimum absolute atomic E-state index is 0.125. The van der Waals surface area contributed by atoms with Gasteiger partial charge in [-0.25, -0.2) is 0 Å². The molecule has 0 bridgehead atoms. The van der Waals surface area contributed by atoms with Gasteiger partial charge in [0.2, 0.25) is 5.78 Å². The molecule has 0 aliphatic carbocycles. The first-order valence-electron chi connectivity index (χ1n) is 8.22. The number of fused-ring (bicyclic) bond motifs is 2.